The Balaban J connectivity index is 2.64. The van der Waals surface area contributed by atoms with Gasteiger partial charge in [0.25, 0.3) is 0 Å². The van der Waals surface area contributed by atoms with Gasteiger partial charge in [0.15, 0.2) is 5.69 Å². The molecule has 1 heterocycles. The number of aromatic nitrogens is 2. The van der Waals surface area contributed by atoms with E-state index < -0.39 is 11.9 Å². The highest BCUT2D eigenvalue weighted by Crippen LogP contribution is 2.26. The van der Waals surface area contributed by atoms with Crippen molar-refractivity contribution in [3.63, 3.8) is 0 Å². The minimum Gasteiger partial charge on any atom is -0.164 e. The maximum Gasteiger partial charge on any atom is 0.435 e. The van der Waals surface area contributed by atoms with Crippen LogP contribution < -0.4 is 0 Å². The van der Waals surface area contributed by atoms with Gasteiger partial charge in [-0.25, -0.2) is 0 Å². The van der Waals surface area contributed by atoms with E-state index in [1.807, 2.05) is 19.1 Å². The number of hydrogen-bond acceptors (Lipinski definition) is 2. The third-order valence-corrected chi connectivity index (χ3v) is 1.81. The summed E-state index contributed by atoms with van der Waals surface area (Å²) in [6.45, 7) is 1.89. The van der Waals surface area contributed by atoms with E-state index in [9.17, 15) is 13.2 Å². The van der Waals surface area contributed by atoms with Gasteiger partial charge in [-0.2, -0.15) is 18.3 Å². The minimum atomic E-state index is -4.41. The lowest BCUT2D eigenvalue weighted by atomic mass is 10.2. The maximum atomic E-state index is 12.1. The molecule has 0 aromatic carbocycles. The second-order valence-electron chi connectivity index (χ2n) is 3.02. The summed E-state index contributed by atoms with van der Waals surface area (Å²) in [7, 11) is 0. The summed E-state index contributed by atoms with van der Waals surface area (Å²) < 4.78 is 36.3. The number of aryl methyl sites for hydroxylation is 1. The quantitative estimate of drug-likeness (QED) is 0.726. The van der Waals surface area contributed by atoms with Crippen LogP contribution in [0.3, 0.4) is 0 Å². The van der Waals surface area contributed by atoms with Crippen molar-refractivity contribution in [1.29, 1.82) is 0 Å². The fourth-order valence-electron chi connectivity index (χ4n) is 1.04. The lowest BCUT2D eigenvalue weighted by Crippen LogP contribution is -2.09. The van der Waals surface area contributed by atoms with Crippen LogP contribution in [0.5, 0.6) is 0 Å². The van der Waals surface area contributed by atoms with Crippen LogP contribution in [0.4, 0.5) is 13.2 Å². The van der Waals surface area contributed by atoms with Gasteiger partial charge in [0.05, 0.1) is 5.69 Å². The van der Waals surface area contributed by atoms with Crippen molar-refractivity contribution < 1.29 is 13.2 Å². The van der Waals surface area contributed by atoms with Crippen LogP contribution in [0.1, 0.15) is 24.7 Å². The van der Waals surface area contributed by atoms with E-state index >= 15 is 0 Å². The largest absolute Gasteiger partial charge is 0.435 e. The second kappa shape index (κ2) is 4.91. The van der Waals surface area contributed by atoms with Crippen LogP contribution in [0.25, 0.3) is 0 Å². The van der Waals surface area contributed by atoms with Crippen molar-refractivity contribution in [3.8, 4) is 0 Å². The standard InChI is InChI=1S/C10H11F3N2/c1-2-3-4-5-8-6-7-9(15-14-8)10(11,12)13/h2-3,6-7H,4-5H2,1H3/b3-2+. The molecule has 1 rings (SSSR count). The molecular formula is C10H11F3N2. The van der Waals surface area contributed by atoms with E-state index in [2.05, 4.69) is 10.2 Å². The third kappa shape index (κ3) is 3.69. The Bertz CT molecular complexity index is 328. The van der Waals surface area contributed by atoms with Crippen molar-refractivity contribution in [2.75, 3.05) is 0 Å². The van der Waals surface area contributed by atoms with Crippen LogP contribution in [0, 0.1) is 0 Å². The first-order chi connectivity index (χ1) is 7.04. The number of nitrogens with zero attached hydrogens (tertiary/aromatic N) is 2. The fraction of sp³-hybridized carbons (Fsp3) is 0.400. The van der Waals surface area contributed by atoms with Gasteiger partial charge >= 0.3 is 6.18 Å². The van der Waals surface area contributed by atoms with Gasteiger partial charge in [-0.05, 0) is 31.9 Å². The fourth-order valence-corrected chi connectivity index (χ4v) is 1.04. The van der Waals surface area contributed by atoms with Crippen molar-refractivity contribution in [2.45, 2.75) is 25.9 Å². The third-order valence-electron chi connectivity index (χ3n) is 1.81. The predicted molar refractivity (Wildman–Crippen MR) is 50.2 cm³/mol. The average Bonchev–Trinajstić information content (AvgIpc) is 2.18. The monoisotopic (exact) mass is 216 g/mol. The van der Waals surface area contributed by atoms with Gasteiger partial charge in [-0.1, -0.05) is 12.2 Å². The number of halogens is 3. The molecule has 0 saturated heterocycles. The van der Waals surface area contributed by atoms with Crippen LogP contribution in [0.15, 0.2) is 24.3 Å². The second-order valence-corrected chi connectivity index (χ2v) is 3.02. The van der Waals surface area contributed by atoms with Crippen LogP contribution >= 0.6 is 0 Å². The first-order valence-electron chi connectivity index (χ1n) is 4.55. The zero-order valence-corrected chi connectivity index (χ0v) is 8.25. The smallest absolute Gasteiger partial charge is 0.164 e. The Morgan fingerprint density at radius 1 is 1.27 bits per heavy atom. The SMILES string of the molecule is C/C=C/CCc1ccc(C(F)(F)F)nn1. The van der Waals surface area contributed by atoms with E-state index in [4.69, 9.17) is 0 Å². The predicted octanol–water partition coefficient (Wildman–Crippen LogP) is 3.00. The molecule has 2 nitrogen and oxygen atoms in total. The lowest BCUT2D eigenvalue weighted by molar-refractivity contribution is -0.141. The molecule has 0 unspecified atom stereocenters. The summed E-state index contributed by atoms with van der Waals surface area (Å²) in [5.41, 5.74) is -0.376. The van der Waals surface area contributed by atoms with E-state index in [1.165, 1.54) is 6.07 Å². The number of alkyl halides is 3. The molecule has 0 radical (unpaired) electrons. The Labute approximate surface area is 85.8 Å². The van der Waals surface area contributed by atoms with Crippen molar-refractivity contribution in [1.82, 2.24) is 10.2 Å². The van der Waals surface area contributed by atoms with E-state index in [-0.39, 0.29) is 0 Å². The Hall–Kier alpha value is -1.39. The van der Waals surface area contributed by atoms with Gasteiger partial charge in [0.1, 0.15) is 0 Å². The number of rotatable bonds is 3. The van der Waals surface area contributed by atoms with Gasteiger partial charge in [-0.15, -0.1) is 5.10 Å². The highest BCUT2D eigenvalue weighted by Gasteiger charge is 2.32. The molecule has 0 aliphatic carbocycles. The Morgan fingerprint density at radius 2 is 2.00 bits per heavy atom. The lowest BCUT2D eigenvalue weighted by Gasteiger charge is -2.04. The van der Waals surface area contributed by atoms with Crippen molar-refractivity contribution in [3.05, 3.63) is 35.7 Å². The molecule has 1 aromatic heterocycles. The Morgan fingerprint density at radius 3 is 2.47 bits per heavy atom. The van der Waals surface area contributed by atoms with Gasteiger partial charge < -0.3 is 0 Å². The number of hydrogen-bond donors (Lipinski definition) is 0. The first kappa shape index (κ1) is 11.7. The molecule has 0 aliphatic rings. The van der Waals surface area contributed by atoms with Crippen LogP contribution in [0.2, 0.25) is 0 Å². The summed E-state index contributed by atoms with van der Waals surface area (Å²) in [6, 6.07) is 2.32. The zero-order valence-electron chi connectivity index (χ0n) is 8.25. The zero-order chi connectivity index (χ0) is 11.3. The molecule has 0 amide bonds. The molecule has 0 spiro atoms. The molecule has 0 saturated carbocycles. The molecule has 5 heteroatoms. The van der Waals surface area contributed by atoms with Crippen LogP contribution in [-0.2, 0) is 12.6 Å². The molecule has 15 heavy (non-hydrogen) atoms. The van der Waals surface area contributed by atoms with E-state index in [1.54, 1.807) is 0 Å². The highest BCUT2D eigenvalue weighted by atomic mass is 19.4. The van der Waals surface area contributed by atoms with Crippen molar-refractivity contribution in [2.24, 2.45) is 0 Å². The maximum absolute atomic E-state index is 12.1. The summed E-state index contributed by atoms with van der Waals surface area (Å²) in [4.78, 5) is 0. The van der Waals surface area contributed by atoms with Crippen molar-refractivity contribution >= 4 is 0 Å². The molecule has 0 atom stereocenters. The molecule has 1 aromatic rings. The molecule has 0 aliphatic heterocycles. The molecule has 0 N–H and O–H groups in total. The number of allylic oxidation sites excluding steroid dienone is 2. The average molecular weight is 216 g/mol. The van der Waals surface area contributed by atoms with E-state index in [0.29, 0.717) is 12.1 Å². The minimum absolute atomic E-state index is 0.570. The van der Waals surface area contributed by atoms with E-state index in [0.717, 1.165) is 12.5 Å². The molecule has 0 bridgehead atoms. The van der Waals surface area contributed by atoms with Gasteiger partial charge in [0.2, 0.25) is 0 Å². The first-order valence-corrected chi connectivity index (χ1v) is 4.55. The Kier molecular flexibility index (Phi) is 3.82. The topological polar surface area (TPSA) is 25.8 Å². The molecular weight excluding hydrogens is 205 g/mol. The van der Waals surface area contributed by atoms with Gasteiger partial charge in [-0.3, -0.25) is 0 Å². The van der Waals surface area contributed by atoms with Gasteiger partial charge in [0, 0.05) is 0 Å². The molecule has 0 fully saturated rings. The summed E-state index contributed by atoms with van der Waals surface area (Å²) in [5.74, 6) is 0. The molecule has 82 valence electrons. The summed E-state index contributed by atoms with van der Waals surface area (Å²) in [5, 5.41) is 6.64. The summed E-state index contributed by atoms with van der Waals surface area (Å²) in [6.07, 6.45) is 0.776. The normalized spacial score (nSPS) is 12.3. The highest BCUT2D eigenvalue weighted by molar-refractivity contribution is 5.10. The summed E-state index contributed by atoms with van der Waals surface area (Å²) >= 11 is 0. The van der Waals surface area contributed by atoms with Crippen LogP contribution in [-0.4, -0.2) is 10.2 Å².